The van der Waals surface area contributed by atoms with Gasteiger partial charge in [0.1, 0.15) is 11.8 Å². The van der Waals surface area contributed by atoms with Crippen molar-refractivity contribution in [3.05, 3.63) is 77.9 Å². The van der Waals surface area contributed by atoms with Crippen molar-refractivity contribution in [1.82, 2.24) is 5.01 Å². The van der Waals surface area contributed by atoms with Crippen molar-refractivity contribution in [2.24, 2.45) is 5.10 Å². The lowest BCUT2D eigenvalue weighted by Crippen LogP contribution is -2.43. The van der Waals surface area contributed by atoms with Gasteiger partial charge in [0.25, 0.3) is 5.91 Å². The van der Waals surface area contributed by atoms with Crippen LogP contribution in [0.15, 0.2) is 66.3 Å². The van der Waals surface area contributed by atoms with Gasteiger partial charge in [-0.1, -0.05) is 63.7 Å². The molecule has 0 radical (unpaired) electrons. The fourth-order valence-corrected chi connectivity index (χ4v) is 4.02. The van der Waals surface area contributed by atoms with Crippen LogP contribution in [0.3, 0.4) is 0 Å². The molecule has 1 aliphatic rings. The topological polar surface area (TPSA) is 41.9 Å². The van der Waals surface area contributed by atoms with Gasteiger partial charge in [0.2, 0.25) is 8.32 Å². The fraction of sp³-hybridized carbons (Fsp3) is 0.304. The van der Waals surface area contributed by atoms with Gasteiger partial charge in [-0.15, -0.1) is 0 Å². The van der Waals surface area contributed by atoms with Crippen LogP contribution >= 0.6 is 0 Å². The number of hydrogen-bond donors (Lipinski definition) is 0. The maximum atomic E-state index is 12.5. The van der Waals surface area contributed by atoms with Crippen LogP contribution in [-0.4, -0.2) is 25.4 Å². The second kappa shape index (κ2) is 7.39. The van der Waals surface area contributed by atoms with Gasteiger partial charge in [-0.25, -0.2) is 5.01 Å². The molecule has 5 heteroatoms. The van der Waals surface area contributed by atoms with Crippen LogP contribution in [0.5, 0.6) is 5.75 Å². The Morgan fingerprint density at radius 1 is 1.18 bits per heavy atom. The van der Waals surface area contributed by atoms with Crippen molar-refractivity contribution in [2.45, 2.75) is 44.9 Å². The summed E-state index contributed by atoms with van der Waals surface area (Å²) in [7, 11) is -1.96. The van der Waals surface area contributed by atoms with Gasteiger partial charge in [0.15, 0.2) is 0 Å². The first-order chi connectivity index (χ1) is 13.1. The Morgan fingerprint density at radius 2 is 1.89 bits per heavy atom. The van der Waals surface area contributed by atoms with E-state index in [9.17, 15) is 4.79 Å². The highest BCUT2D eigenvalue weighted by Crippen LogP contribution is 2.39. The second-order valence-electron chi connectivity index (χ2n) is 8.60. The van der Waals surface area contributed by atoms with E-state index in [-0.39, 0.29) is 17.0 Å². The third kappa shape index (κ3) is 3.80. The molecule has 1 heterocycles. The summed E-state index contributed by atoms with van der Waals surface area (Å²) >= 11 is 0. The van der Waals surface area contributed by atoms with E-state index >= 15 is 0 Å². The molecule has 0 N–H and O–H groups in total. The summed E-state index contributed by atoms with van der Waals surface area (Å²) in [4.78, 5) is 12.5. The molecular weight excluding hydrogens is 364 g/mol. The van der Waals surface area contributed by atoms with Crippen molar-refractivity contribution in [2.75, 3.05) is 0 Å². The smallest absolute Gasteiger partial charge is 0.266 e. The molecule has 0 spiro atoms. The summed E-state index contributed by atoms with van der Waals surface area (Å²) in [6, 6.07) is 15.7. The molecule has 1 amide bonds. The van der Waals surface area contributed by atoms with Crippen LogP contribution in [0.4, 0.5) is 0 Å². The van der Waals surface area contributed by atoms with Crippen molar-refractivity contribution in [1.29, 1.82) is 0 Å². The average Bonchev–Trinajstić information content (AvgIpc) is 2.65. The fourth-order valence-electron chi connectivity index (χ4n) is 2.99. The number of nitrogens with zero attached hydrogens (tertiary/aromatic N) is 2. The number of fused-ring (bicyclic) bond motifs is 1. The Labute approximate surface area is 168 Å². The molecule has 3 rings (SSSR count). The Balaban J connectivity index is 2.04. The molecule has 146 valence electrons. The van der Waals surface area contributed by atoms with Crippen LogP contribution in [0.25, 0.3) is 0 Å². The predicted molar refractivity (Wildman–Crippen MR) is 117 cm³/mol. The first-order valence-electron chi connectivity index (χ1n) is 9.51. The minimum atomic E-state index is -1.96. The van der Waals surface area contributed by atoms with Gasteiger partial charge in [-0.3, -0.25) is 4.79 Å². The third-order valence-electron chi connectivity index (χ3n) is 5.61. The van der Waals surface area contributed by atoms with Crippen LogP contribution in [0, 0.1) is 0 Å². The Bertz CT molecular complexity index is 928. The molecule has 28 heavy (non-hydrogen) atoms. The monoisotopic (exact) mass is 392 g/mol. The molecule has 0 aliphatic carbocycles. The SMILES string of the molecule is C=CC(=O)N1N=Cc2ccccc2C1c1cccc(O[Si](C)(C)C(C)(C)C)c1. The van der Waals surface area contributed by atoms with E-state index < -0.39 is 8.32 Å². The van der Waals surface area contributed by atoms with Crippen LogP contribution in [0.2, 0.25) is 18.1 Å². The Kier molecular flexibility index (Phi) is 5.30. The zero-order chi connectivity index (χ0) is 20.5. The maximum Gasteiger partial charge on any atom is 0.266 e. The van der Waals surface area contributed by atoms with E-state index in [1.54, 1.807) is 6.21 Å². The zero-order valence-electron chi connectivity index (χ0n) is 17.3. The summed E-state index contributed by atoms with van der Waals surface area (Å²) in [5, 5.41) is 5.99. The van der Waals surface area contributed by atoms with Gasteiger partial charge in [-0.05, 0) is 47.5 Å². The first-order valence-corrected chi connectivity index (χ1v) is 12.4. The van der Waals surface area contributed by atoms with Crippen LogP contribution < -0.4 is 4.43 Å². The molecule has 1 atom stereocenters. The zero-order valence-corrected chi connectivity index (χ0v) is 18.3. The highest BCUT2D eigenvalue weighted by molar-refractivity contribution is 6.74. The van der Waals surface area contributed by atoms with Crippen molar-refractivity contribution < 1.29 is 9.22 Å². The van der Waals surface area contributed by atoms with E-state index in [4.69, 9.17) is 4.43 Å². The molecule has 1 aliphatic heterocycles. The van der Waals surface area contributed by atoms with E-state index in [2.05, 4.69) is 45.5 Å². The highest BCUT2D eigenvalue weighted by Gasteiger charge is 2.39. The summed E-state index contributed by atoms with van der Waals surface area (Å²) in [5.74, 6) is 0.605. The van der Waals surface area contributed by atoms with Crippen LogP contribution in [-0.2, 0) is 4.79 Å². The molecule has 2 aromatic rings. The Morgan fingerprint density at radius 3 is 2.57 bits per heavy atom. The predicted octanol–water partition coefficient (Wildman–Crippen LogP) is 5.52. The number of hydrogen-bond acceptors (Lipinski definition) is 3. The molecule has 0 fully saturated rings. The number of amides is 1. The third-order valence-corrected chi connectivity index (χ3v) is 9.97. The van der Waals surface area contributed by atoms with Gasteiger partial charge in [0, 0.05) is 5.56 Å². The maximum absolute atomic E-state index is 12.5. The normalized spacial score (nSPS) is 16.5. The number of rotatable bonds is 4. The van der Waals surface area contributed by atoms with Gasteiger partial charge in [-0.2, -0.15) is 5.10 Å². The number of carbonyl (C=O) groups is 1. The van der Waals surface area contributed by atoms with Crippen molar-refractivity contribution >= 4 is 20.4 Å². The van der Waals surface area contributed by atoms with Gasteiger partial charge in [0.05, 0.1) is 6.21 Å². The molecule has 4 nitrogen and oxygen atoms in total. The van der Waals surface area contributed by atoms with Crippen molar-refractivity contribution in [3.8, 4) is 5.75 Å². The molecule has 1 unspecified atom stereocenters. The van der Waals surface area contributed by atoms with E-state index in [0.29, 0.717) is 0 Å². The van der Waals surface area contributed by atoms with E-state index in [1.165, 1.54) is 11.1 Å². The van der Waals surface area contributed by atoms with Gasteiger partial charge >= 0.3 is 0 Å². The Hall–Kier alpha value is -2.66. The summed E-state index contributed by atoms with van der Waals surface area (Å²) in [5.41, 5.74) is 3.02. The average molecular weight is 393 g/mol. The standard InChI is InChI=1S/C23H28N2O2Si/c1-7-21(26)25-22(20-14-9-8-11-18(20)16-24-25)17-12-10-13-19(15-17)27-28(5,6)23(2,3)4/h7-16,22H,1H2,2-6H3. The highest BCUT2D eigenvalue weighted by atomic mass is 28.4. The van der Waals surface area contributed by atoms with E-state index in [0.717, 1.165) is 22.4 Å². The summed E-state index contributed by atoms with van der Waals surface area (Å²) in [6.45, 7) is 14.8. The molecule has 0 saturated heterocycles. The quantitative estimate of drug-likeness (QED) is 0.508. The molecule has 0 aromatic heterocycles. The van der Waals surface area contributed by atoms with Gasteiger partial charge < -0.3 is 4.43 Å². The minimum Gasteiger partial charge on any atom is -0.543 e. The lowest BCUT2D eigenvalue weighted by Gasteiger charge is -2.37. The molecular formula is C23H28N2O2Si. The van der Waals surface area contributed by atoms with Crippen molar-refractivity contribution in [3.63, 3.8) is 0 Å². The summed E-state index contributed by atoms with van der Waals surface area (Å²) < 4.78 is 6.48. The minimum absolute atomic E-state index is 0.107. The lowest BCUT2D eigenvalue weighted by molar-refractivity contribution is -0.127. The number of carbonyl (C=O) groups excluding carboxylic acids is 1. The lowest BCUT2D eigenvalue weighted by atomic mass is 9.93. The first kappa shape index (κ1) is 20.1. The van der Waals surface area contributed by atoms with Crippen LogP contribution in [0.1, 0.15) is 43.5 Å². The molecule has 2 aromatic carbocycles. The second-order valence-corrected chi connectivity index (χ2v) is 13.3. The number of hydrazone groups is 1. The largest absolute Gasteiger partial charge is 0.543 e. The van der Waals surface area contributed by atoms with E-state index in [1.807, 2.05) is 48.5 Å². The summed E-state index contributed by atoms with van der Waals surface area (Å²) in [6.07, 6.45) is 3.03. The molecule has 0 saturated carbocycles. The molecule has 0 bridgehead atoms. The number of benzene rings is 2.